The number of hydrogen-bond acceptors (Lipinski definition) is 3. The second-order valence-electron chi connectivity index (χ2n) is 2.63. The first kappa shape index (κ1) is 9.00. The Morgan fingerprint density at radius 3 is 2.83 bits per heavy atom. The second-order valence-corrected chi connectivity index (χ2v) is 2.63. The standard InChI is InChI=1S/C9H14N2O/c1-7-4-5-9(12-3)8(11-7)6-10-2/h4-5,10H,6H2,1-3H3. The van der Waals surface area contributed by atoms with Crippen molar-refractivity contribution in [2.75, 3.05) is 14.2 Å². The van der Waals surface area contributed by atoms with Crippen molar-refractivity contribution in [1.29, 1.82) is 0 Å². The molecule has 0 spiro atoms. The number of methoxy groups -OCH3 is 1. The zero-order valence-electron chi connectivity index (χ0n) is 7.72. The highest BCUT2D eigenvalue weighted by molar-refractivity contribution is 5.28. The van der Waals surface area contributed by atoms with Crippen LogP contribution in [-0.4, -0.2) is 19.1 Å². The third-order valence-electron chi connectivity index (χ3n) is 1.64. The first-order valence-corrected chi connectivity index (χ1v) is 3.93. The van der Waals surface area contributed by atoms with E-state index in [1.165, 1.54) is 0 Å². The molecule has 0 saturated carbocycles. The fourth-order valence-electron chi connectivity index (χ4n) is 1.08. The Morgan fingerprint density at radius 1 is 1.50 bits per heavy atom. The van der Waals surface area contributed by atoms with Crippen LogP contribution in [0.4, 0.5) is 0 Å². The normalized spacial score (nSPS) is 9.92. The molecule has 0 aromatic carbocycles. The summed E-state index contributed by atoms with van der Waals surface area (Å²) in [7, 11) is 3.55. The van der Waals surface area contributed by atoms with Gasteiger partial charge in [-0.1, -0.05) is 0 Å². The largest absolute Gasteiger partial charge is 0.495 e. The molecule has 0 saturated heterocycles. The number of aryl methyl sites for hydroxylation is 1. The molecule has 0 amide bonds. The van der Waals surface area contributed by atoms with Crippen molar-refractivity contribution in [2.45, 2.75) is 13.5 Å². The molecule has 1 N–H and O–H groups in total. The third kappa shape index (κ3) is 1.95. The highest BCUT2D eigenvalue weighted by Crippen LogP contribution is 2.15. The molecule has 1 rings (SSSR count). The molecule has 3 heteroatoms. The number of rotatable bonds is 3. The minimum atomic E-state index is 0.741. The third-order valence-corrected chi connectivity index (χ3v) is 1.64. The molecule has 0 fully saturated rings. The van der Waals surface area contributed by atoms with Crippen molar-refractivity contribution in [1.82, 2.24) is 10.3 Å². The van der Waals surface area contributed by atoms with E-state index in [-0.39, 0.29) is 0 Å². The van der Waals surface area contributed by atoms with Crippen LogP contribution in [-0.2, 0) is 6.54 Å². The van der Waals surface area contributed by atoms with Gasteiger partial charge < -0.3 is 10.1 Å². The predicted molar refractivity (Wildman–Crippen MR) is 48.3 cm³/mol. The summed E-state index contributed by atoms with van der Waals surface area (Å²) in [6.45, 7) is 2.71. The van der Waals surface area contributed by atoms with Gasteiger partial charge >= 0.3 is 0 Å². The number of nitrogens with one attached hydrogen (secondary N) is 1. The molecule has 0 atom stereocenters. The topological polar surface area (TPSA) is 34.2 Å². The summed E-state index contributed by atoms with van der Waals surface area (Å²) in [6, 6.07) is 3.88. The monoisotopic (exact) mass is 166 g/mol. The maximum absolute atomic E-state index is 5.15. The van der Waals surface area contributed by atoms with Gasteiger partial charge in [0.15, 0.2) is 0 Å². The SMILES string of the molecule is CNCc1nc(C)ccc1OC. The van der Waals surface area contributed by atoms with Crippen LogP contribution >= 0.6 is 0 Å². The van der Waals surface area contributed by atoms with E-state index in [1.807, 2.05) is 26.1 Å². The fourth-order valence-corrected chi connectivity index (χ4v) is 1.08. The van der Waals surface area contributed by atoms with E-state index in [4.69, 9.17) is 4.74 Å². The Bertz CT molecular complexity index is 261. The van der Waals surface area contributed by atoms with Gasteiger partial charge in [-0.2, -0.15) is 0 Å². The van der Waals surface area contributed by atoms with Gasteiger partial charge in [-0.15, -0.1) is 0 Å². The molecular formula is C9H14N2O. The first-order chi connectivity index (χ1) is 5.77. The molecule has 66 valence electrons. The quantitative estimate of drug-likeness (QED) is 0.730. The molecule has 0 radical (unpaired) electrons. The number of nitrogens with zero attached hydrogens (tertiary/aromatic N) is 1. The van der Waals surface area contributed by atoms with Crippen LogP contribution in [0.5, 0.6) is 5.75 Å². The summed E-state index contributed by atoms with van der Waals surface area (Å²) in [5.41, 5.74) is 1.97. The Hall–Kier alpha value is -1.09. The molecule has 1 aromatic rings. The van der Waals surface area contributed by atoms with E-state index < -0.39 is 0 Å². The summed E-state index contributed by atoms with van der Waals surface area (Å²) in [5.74, 6) is 0.843. The summed E-state index contributed by atoms with van der Waals surface area (Å²) < 4.78 is 5.15. The highest BCUT2D eigenvalue weighted by Gasteiger charge is 2.02. The van der Waals surface area contributed by atoms with Crippen LogP contribution in [0.3, 0.4) is 0 Å². The molecular weight excluding hydrogens is 152 g/mol. The van der Waals surface area contributed by atoms with E-state index in [0.29, 0.717) is 0 Å². The van der Waals surface area contributed by atoms with E-state index in [2.05, 4.69) is 10.3 Å². The average Bonchev–Trinajstić information content (AvgIpc) is 2.05. The molecule has 0 aliphatic heterocycles. The van der Waals surface area contributed by atoms with Gasteiger partial charge in [0.1, 0.15) is 5.75 Å². The van der Waals surface area contributed by atoms with Gasteiger partial charge in [0.2, 0.25) is 0 Å². The van der Waals surface area contributed by atoms with Gasteiger partial charge in [0.25, 0.3) is 0 Å². The minimum Gasteiger partial charge on any atom is -0.495 e. The van der Waals surface area contributed by atoms with E-state index in [1.54, 1.807) is 7.11 Å². The minimum absolute atomic E-state index is 0.741. The van der Waals surface area contributed by atoms with Crippen LogP contribution in [0.25, 0.3) is 0 Å². The summed E-state index contributed by atoms with van der Waals surface area (Å²) in [6.07, 6.45) is 0. The number of hydrogen-bond donors (Lipinski definition) is 1. The Kier molecular flexibility index (Phi) is 3.05. The zero-order valence-corrected chi connectivity index (χ0v) is 7.72. The van der Waals surface area contributed by atoms with Crippen molar-refractivity contribution >= 4 is 0 Å². The van der Waals surface area contributed by atoms with E-state index in [9.17, 15) is 0 Å². The maximum atomic E-state index is 5.15. The zero-order chi connectivity index (χ0) is 8.97. The van der Waals surface area contributed by atoms with Crippen molar-refractivity contribution in [3.8, 4) is 5.75 Å². The molecule has 0 aliphatic carbocycles. The van der Waals surface area contributed by atoms with Crippen LogP contribution in [0.2, 0.25) is 0 Å². The summed E-state index contributed by atoms with van der Waals surface area (Å²) in [5, 5.41) is 3.04. The molecule has 0 aliphatic rings. The Morgan fingerprint density at radius 2 is 2.25 bits per heavy atom. The number of ether oxygens (including phenoxy) is 1. The smallest absolute Gasteiger partial charge is 0.141 e. The van der Waals surface area contributed by atoms with Gasteiger partial charge in [-0.25, -0.2) is 0 Å². The summed E-state index contributed by atoms with van der Waals surface area (Å²) >= 11 is 0. The van der Waals surface area contributed by atoms with E-state index >= 15 is 0 Å². The molecule has 3 nitrogen and oxygen atoms in total. The summed E-state index contributed by atoms with van der Waals surface area (Å²) in [4.78, 5) is 4.35. The van der Waals surface area contributed by atoms with Crippen molar-refractivity contribution in [3.05, 3.63) is 23.5 Å². The first-order valence-electron chi connectivity index (χ1n) is 3.93. The lowest BCUT2D eigenvalue weighted by Gasteiger charge is -2.07. The second kappa shape index (κ2) is 4.07. The van der Waals surface area contributed by atoms with Gasteiger partial charge in [-0.3, -0.25) is 4.98 Å². The lowest BCUT2D eigenvalue weighted by Crippen LogP contribution is -2.09. The lowest BCUT2D eigenvalue weighted by atomic mass is 10.3. The van der Waals surface area contributed by atoms with Crippen LogP contribution in [0.15, 0.2) is 12.1 Å². The van der Waals surface area contributed by atoms with Crippen molar-refractivity contribution in [3.63, 3.8) is 0 Å². The molecule has 0 bridgehead atoms. The van der Waals surface area contributed by atoms with Crippen molar-refractivity contribution < 1.29 is 4.74 Å². The van der Waals surface area contributed by atoms with Gasteiger partial charge in [0, 0.05) is 12.2 Å². The Balaban J connectivity index is 2.95. The fraction of sp³-hybridized carbons (Fsp3) is 0.444. The van der Waals surface area contributed by atoms with Crippen LogP contribution in [0.1, 0.15) is 11.4 Å². The van der Waals surface area contributed by atoms with Gasteiger partial charge in [-0.05, 0) is 26.1 Å². The Labute approximate surface area is 72.8 Å². The van der Waals surface area contributed by atoms with Gasteiger partial charge in [0.05, 0.1) is 12.8 Å². The molecule has 12 heavy (non-hydrogen) atoms. The van der Waals surface area contributed by atoms with Crippen LogP contribution < -0.4 is 10.1 Å². The van der Waals surface area contributed by atoms with E-state index in [0.717, 1.165) is 23.7 Å². The molecule has 1 aromatic heterocycles. The average molecular weight is 166 g/mol. The van der Waals surface area contributed by atoms with Crippen LogP contribution in [0, 0.1) is 6.92 Å². The van der Waals surface area contributed by atoms with Crippen molar-refractivity contribution in [2.24, 2.45) is 0 Å². The highest BCUT2D eigenvalue weighted by atomic mass is 16.5. The number of aromatic nitrogens is 1. The maximum Gasteiger partial charge on any atom is 0.141 e. The lowest BCUT2D eigenvalue weighted by molar-refractivity contribution is 0.405. The number of pyridine rings is 1. The molecule has 0 unspecified atom stereocenters. The predicted octanol–water partition coefficient (Wildman–Crippen LogP) is 1.12. The molecule has 1 heterocycles.